The molecule has 0 aromatic heterocycles. The number of amides is 1. The Morgan fingerprint density at radius 1 is 1.44 bits per heavy atom. The maximum atomic E-state index is 11.5. The fraction of sp³-hybridized carbons (Fsp3) is 0.417. The van der Waals surface area contributed by atoms with E-state index in [-0.39, 0.29) is 5.91 Å². The summed E-state index contributed by atoms with van der Waals surface area (Å²) in [5, 5.41) is 5.84. The Morgan fingerprint density at radius 2 is 2.19 bits per heavy atom. The van der Waals surface area contributed by atoms with E-state index in [1.165, 1.54) is 0 Å². The van der Waals surface area contributed by atoms with E-state index in [9.17, 15) is 4.79 Å². The van der Waals surface area contributed by atoms with Crippen LogP contribution in [0.15, 0.2) is 24.3 Å². The van der Waals surface area contributed by atoms with Crippen LogP contribution in [0, 0.1) is 0 Å². The molecule has 1 amide bonds. The van der Waals surface area contributed by atoms with Crippen molar-refractivity contribution in [2.45, 2.75) is 19.9 Å². The van der Waals surface area contributed by atoms with E-state index in [2.05, 4.69) is 10.6 Å². The molecule has 0 heterocycles. The van der Waals surface area contributed by atoms with E-state index in [4.69, 9.17) is 4.74 Å². The van der Waals surface area contributed by atoms with E-state index in [1.54, 1.807) is 13.2 Å². The van der Waals surface area contributed by atoms with Crippen molar-refractivity contribution in [2.24, 2.45) is 0 Å². The molecule has 4 nitrogen and oxygen atoms in total. The normalized spacial score (nSPS) is 10.2. The molecule has 0 aliphatic carbocycles. The molecule has 16 heavy (non-hydrogen) atoms. The topological polar surface area (TPSA) is 50.4 Å². The van der Waals surface area contributed by atoms with Gasteiger partial charge in [0.15, 0.2) is 0 Å². The Morgan fingerprint density at radius 3 is 2.81 bits per heavy atom. The number of hydrogen-bond acceptors (Lipinski definition) is 3. The smallest absolute Gasteiger partial charge is 0.238 e. The van der Waals surface area contributed by atoms with Crippen LogP contribution in [0.3, 0.4) is 0 Å². The van der Waals surface area contributed by atoms with Crippen molar-refractivity contribution in [3.63, 3.8) is 0 Å². The second-order valence-corrected chi connectivity index (χ2v) is 3.82. The summed E-state index contributed by atoms with van der Waals surface area (Å²) in [7, 11) is 1.60. The molecule has 0 saturated heterocycles. The summed E-state index contributed by atoms with van der Waals surface area (Å²) in [5.41, 5.74) is 0.745. The van der Waals surface area contributed by atoms with Gasteiger partial charge in [-0.25, -0.2) is 0 Å². The number of rotatable bonds is 5. The summed E-state index contributed by atoms with van der Waals surface area (Å²) >= 11 is 0. The summed E-state index contributed by atoms with van der Waals surface area (Å²) in [5.74, 6) is 0.677. The summed E-state index contributed by atoms with van der Waals surface area (Å²) in [6.45, 7) is 4.31. The highest BCUT2D eigenvalue weighted by atomic mass is 16.5. The lowest BCUT2D eigenvalue weighted by Gasteiger charge is -2.09. The van der Waals surface area contributed by atoms with E-state index in [0.29, 0.717) is 12.6 Å². The fourth-order valence-corrected chi connectivity index (χ4v) is 1.20. The third kappa shape index (κ3) is 4.31. The van der Waals surface area contributed by atoms with Gasteiger partial charge in [-0.05, 0) is 12.1 Å². The summed E-state index contributed by atoms with van der Waals surface area (Å²) in [6, 6.07) is 7.59. The maximum absolute atomic E-state index is 11.5. The monoisotopic (exact) mass is 222 g/mol. The lowest BCUT2D eigenvalue weighted by atomic mass is 10.3. The van der Waals surface area contributed by atoms with Crippen molar-refractivity contribution in [2.75, 3.05) is 19.0 Å². The Kier molecular flexibility index (Phi) is 4.79. The molecule has 2 N–H and O–H groups in total. The zero-order chi connectivity index (χ0) is 12.0. The second-order valence-electron chi connectivity index (χ2n) is 3.82. The number of benzene rings is 1. The lowest BCUT2D eigenvalue weighted by Crippen LogP contribution is -2.32. The van der Waals surface area contributed by atoms with Crippen molar-refractivity contribution in [3.8, 4) is 5.75 Å². The van der Waals surface area contributed by atoms with Gasteiger partial charge in [0.05, 0.1) is 13.7 Å². The molecule has 0 saturated carbocycles. The average Bonchev–Trinajstić information content (AvgIpc) is 2.26. The van der Waals surface area contributed by atoms with Gasteiger partial charge in [0.25, 0.3) is 0 Å². The van der Waals surface area contributed by atoms with Crippen LogP contribution in [0.4, 0.5) is 5.69 Å². The summed E-state index contributed by atoms with van der Waals surface area (Å²) < 4.78 is 5.07. The standard InChI is InChI=1S/C12H18N2O2/c1-9(2)13-8-12(15)14-10-5-4-6-11(7-10)16-3/h4-7,9,13H,8H2,1-3H3,(H,14,15). The van der Waals surface area contributed by atoms with Gasteiger partial charge in [-0.3, -0.25) is 4.79 Å². The molecule has 0 aliphatic rings. The number of hydrogen-bond donors (Lipinski definition) is 2. The van der Waals surface area contributed by atoms with Crippen LogP contribution >= 0.6 is 0 Å². The molecule has 0 unspecified atom stereocenters. The van der Waals surface area contributed by atoms with Gasteiger partial charge in [-0.15, -0.1) is 0 Å². The molecule has 0 spiro atoms. The first-order valence-electron chi connectivity index (χ1n) is 5.29. The highest BCUT2D eigenvalue weighted by Crippen LogP contribution is 2.16. The minimum absolute atomic E-state index is 0.0537. The SMILES string of the molecule is COc1cccc(NC(=O)CNC(C)C)c1. The van der Waals surface area contributed by atoms with E-state index in [1.807, 2.05) is 32.0 Å². The first-order valence-corrected chi connectivity index (χ1v) is 5.29. The molecule has 88 valence electrons. The largest absolute Gasteiger partial charge is 0.497 e. The number of anilines is 1. The molecule has 1 aromatic rings. The van der Waals surface area contributed by atoms with Crippen LogP contribution in [-0.4, -0.2) is 25.6 Å². The molecule has 4 heteroatoms. The number of ether oxygens (including phenoxy) is 1. The highest BCUT2D eigenvalue weighted by Gasteiger charge is 2.03. The molecule has 0 atom stereocenters. The number of nitrogens with one attached hydrogen (secondary N) is 2. The molecular weight excluding hydrogens is 204 g/mol. The predicted molar refractivity (Wildman–Crippen MR) is 64.8 cm³/mol. The van der Waals surface area contributed by atoms with E-state index in [0.717, 1.165) is 11.4 Å². The summed E-state index contributed by atoms with van der Waals surface area (Å²) in [6.07, 6.45) is 0. The Bertz CT molecular complexity index is 351. The minimum atomic E-state index is -0.0537. The van der Waals surface area contributed by atoms with Gasteiger partial charge >= 0.3 is 0 Å². The molecule has 0 aliphatic heterocycles. The van der Waals surface area contributed by atoms with Gasteiger partial charge in [0, 0.05) is 17.8 Å². The van der Waals surface area contributed by atoms with Gasteiger partial charge in [-0.1, -0.05) is 19.9 Å². The van der Waals surface area contributed by atoms with Crippen LogP contribution in [0.1, 0.15) is 13.8 Å². The van der Waals surface area contributed by atoms with Gasteiger partial charge in [-0.2, -0.15) is 0 Å². The second kappa shape index (κ2) is 6.12. The van der Waals surface area contributed by atoms with Crippen LogP contribution < -0.4 is 15.4 Å². The first kappa shape index (κ1) is 12.5. The average molecular weight is 222 g/mol. The maximum Gasteiger partial charge on any atom is 0.238 e. The van der Waals surface area contributed by atoms with Crippen molar-refractivity contribution in [3.05, 3.63) is 24.3 Å². The van der Waals surface area contributed by atoms with E-state index < -0.39 is 0 Å². The van der Waals surface area contributed by atoms with Gasteiger partial charge in [0.2, 0.25) is 5.91 Å². The van der Waals surface area contributed by atoms with Crippen LogP contribution in [-0.2, 0) is 4.79 Å². The Labute approximate surface area is 96.0 Å². The zero-order valence-corrected chi connectivity index (χ0v) is 9.91. The van der Waals surface area contributed by atoms with Crippen molar-refractivity contribution in [1.82, 2.24) is 5.32 Å². The third-order valence-electron chi connectivity index (χ3n) is 2.02. The van der Waals surface area contributed by atoms with Gasteiger partial charge < -0.3 is 15.4 Å². The fourth-order valence-electron chi connectivity index (χ4n) is 1.20. The van der Waals surface area contributed by atoms with Crippen LogP contribution in [0.2, 0.25) is 0 Å². The van der Waals surface area contributed by atoms with E-state index >= 15 is 0 Å². The molecule has 1 rings (SSSR count). The Balaban J connectivity index is 2.49. The zero-order valence-electron chi connectivity index (χ0n) is 9.91. The van der Waals surface area contributed by atoms with Crippen molar-refractivity contribution >= 4 is 11.6 Å². The Hall–Kier alpha value is -1.55. The van der Waals surface area contributed by atoms with Crippen molar-refractivity contribution in [1.29, 1.82) is 0 Å². The third-order valence-corrected chi connectivity index (χ3v) is 2.02. The quantitative estimate of drug-likeness (QED) is 0.796. The molecule has 0 fully saturated rings. The number of carbonyl (C=O) groups excluding carboxylic acids is 1. The van der Waals surface area contributed by atoms with Gasteiger partial charge in [0.1, 0.15) is 5.75 Å². The number of methoxy groups -OCH3 is 1. The highest BCUT2D eigenvalue weighted by molar-refractivity contribution is 5.92. The summed E-state index contributed by atoms with van der Waals surface area (Å²) in [4.78, 5) is 11.5. The lowest BCUT2D eigenvalue weighted by molar-refractivity contribution is -0.115. The van der Waals surface area contributed by atoms with Crippen molar-refractivity contribution < 1.29 is 9.53 Å². The first-order chi connectivity index (χ1) is 7.61. The van der Waals surface area contributed by atoms with Crippen LogP contribution in [0.5, 0.6) is 5.75 Å². The molecule has 1 aromatic carbocycles. The predicted octanol–water partition coefficient (Wildman–Crippen LogP) is 1.63. The molecular formula is C12H18N2O2. The number of carbonyl (C=O) groups is 1. The minimum Gasteiger partial charge on any atom is -0.497 e. The molecule has 0 bridgehead atoms. The molecule has 0 radical (unpaired) electrons. The van der Waals surface area contributed by atoms with Crippen LogP contribution in [0.25, 0.3) is 0 Å².